The van der Waals surface area contributed by atoms with Crippen molar-refractivity contribution in [2.24, 2.45) is 0 Å². The lowest BCUT2D eigenvalue weighted by molar-refractivity contribution is -0.0279. The molecule has 0 atom stereocenters. The SMILES string of the molecule is CC1(C)CN(c2cc(N)nc(C3CC3)n2)CCO1. The van der Waals surface area contributed by atoms with Gasteiger partial charge in [-0.3, -0.25) is 0 Å². The maximum absolute atomic E-state index is 5.89. The molecule has 1 aromatic rings. The highest BCUT2D eigenvalue weighted by Crippen LogP contribution is 2.39. The van der Waals surface area contributed by atoms with E-state index in [2.05, 4.69) is 28.7 Å². The molecule has 0 radical (unpaired) electrons. The van der Waals surface area contributed by atoms with Crippen LogP contribution < -0.4 is 10.6 Å². The number of hydrogen-bond acceptors (Lipinski definition) is 5. The van der Waals surface area contributed by atoms with Crippen LogP contribution in [0.1, 0.15) is 38.4 Å². The molecule has 0 bridgehead atoms. The van der Waals surface area contributed by atoms with Crippen LogP contribution in [-0.4, -0.2) is 35.3 Å². The van der Waals surface area contributed by atoms with Gasteiger partial charge in [-0.1, -0.05) is 0 Å². The van der Waals surface area contributed by atoms with Crippen LogP contribution in [0.2, 0.25) is 0 Å². The van der Waals surface area contributed by atoms with Gasteiger partial charge in [0.1, 0.15) is 17.5 Å². The first-order valence-corrected chi connectivity index (χ1v) is 6.57. The maximum atomic E-state index is 5.89. The van der Waals surface area contributed by atoms with E-state index in [0.29, 0.717) is 11.7 Å². The number of nitrogen functional groups attached to an aromatic ring is 1. The molecule has 1 aliphatic carbocycles. The van der Waals surface area contributed by atoms with Gasteiger partial charge in [0.15, 0.2) is 0 Å². The average molecular weight is 248 g/mol. The van der Waals surface area contributed by atoms with Crippen molar-refractivity contribution in [1.82, 2.24) is 9.97 Å². The van der Waals surface area contributed by atoms with Crippen molar-refractivity contribution >= 4 is 11.6 Å². The summed E-state index contributed by atoms with van der Waals surface area (Å²) in [5.41, 5.74) is 5.76. The quantitative estimate of drug-likeness (QED) is 0.860. The molecule has 18 heavy (non-hydrogen) atoms. The number of hydrogen-bond donors (Lipinski definition) is 1. The standard InChI is InChI=1S/C13H20N4O/c1-13(2)8-17(5-6-18-13)11-7-10(14)15-12(16-11)9-3-4-9/h7,9H,3-6,8H2,1-2H3,(H2,14,15,16). The van der Waals surface area contributed by atoms with E-state index in [1.54, 1.807) is 0 Å². The summed E-state index contributed by atoms with van der Waals surface area (Å²) < 4.78 is 5.72. The van der Waals surface area contributed by atoms with Gasteiger partial charge in [0.25, 0.3) is 0 Å². The van der Waals surface area contributed by atoms with Crippen molar-refractivity contribution in [1.29, 1.82) is 0 Å². The fourth-order valence-electron chi connectivity index (χ4n) is 2.37. The molecular formula is C13H20N4O. The molecule has 2 N–H and O–H groups in total. The molecule has 98 valence electrons. The monoisotopic (exact) mass is 248 g/mol. The van der Waals surface area contributed by atoms with E-state index in [0.717, 1.165) is 31.3 Å². The van der Waals surface area contributed by atoms with Gasteiger partial charge in [0.2, 0.25) is 0 Å². The third-order valence-corrected chi connectivity index (χ3v) is 3.44. The van der Waals surface area contributed by atoms with Crippen LogP contribution in [0.15, 0.2) is 6.07 Å². The van der Waals surface area contributed by atoms with Gasteiger partial charge >= 0.3 is 0 Å². The minimum atomic E-state index is -0.127. The first kappa shape index (κ1) is 11.7. The second-order valence-electron chi connectivity index (χ2n) is 5.81. The Balaban J connectivity index is 1.86. The molecule has 3 rings (SSSR count). The summed E-state index contributed by atoms with van der Waals surface area (Å²) in [4.78, 5) is 11.2. The Morgan fingerprint density at radius 2 is 2.17 bits per heavy atom. The van der Waals surface area contributed by atoms with E-state index in [4.69, 9.17) is 10.5 Å². The molecule has 0 amide bonds. The van der Waals surface area contributed by atoms with Crippen molar-refractivity contribution < 1.29 is 4.74 Å². The van der Waals surface area contributed by atoms with Crippen LogP contribution >= 0.6 is 0 Å². The number of morpholine rings is 1. The molecule has 0 aromatic carbocycles. The number of nitrogens with zero attached hydrogens (tertiary/aromatic N) is 3. The summed E-state index contributed by atoms with van der Waals surface area (Å²) in [6.07, 6.45) is 2.38. The van der Waals surface area contributed by atoms with Crippen LogP contribution in [0.3, 0.4) is 0 Å². The molecular weight excluding hydrogens is 228 g/mol. The second kappa shape index (κ2) is 4.09. The van der Waals surface area contributed by atoms with Gasteiger partial charge in [-0.15, -0.1) is 0 Å². The van der Waals surface area contributed by atoms with Crippen LogP contribution in [-0.2, 0) is 4.74 Å². The number of aromatic nitrogens is 2. The summed E-state index contributed by atoms with van der Waals surface area (Å²) in [5.74, 6) is 2.96. The zero-order chi connectivity index (χ0) is 12.8. The van der Waals surface area contributed by atoms with Crippen molar-refractivity contribution in [3.05, 3.63) is 11.9 Å². The van der Waals surface area contributed by atoms with E-state index in [1.165, 1.54) is 12.8 Å². The Bertz CT molecular complexity index is 456. The molecule has 1 saturated heterocycles. The minimum absolute atomic E-state index is 0.127. The fraction of sp³-hybridized carbons (Fsp3) is 0.692. The lowest BCUT2D eigenvalue weighted by Gasteiger charge is -2.38. The molecule has 0 spiro atoms. The first-order chi connectivity index (χ1) is 8.53. The zero-order valence-corrected chi connectivity index (χ0v) is 11.0. The van der Waals surface area contributed by atoms with Crippen LogP contribution in [0, 0.1) is 0 Å². The highest BCUT2D eigenvalue weighted by Gasteiger charge is 2.30. The first-order valence-electron chi connectivity index (χ1n) is 6.57. The van der Waals surface area contributed by atoms with Crippen molar-refractivity contribution in [3.8, 4) is 0 Å². The Morgan fingerprint density at radius 1 is 1.39 bits per heavy atom. The van der Waals surface area contributed by atoms with Crippen molar-refractivity contribution in [3.63, 3.8) is 0 Å². The van der Waals surface area contributed by atoms with Gasteiger partial charge in [0.05, 0.1) is 12.2 Å². The number of anilines is 2. The topological polar surface area (TPSA) is 64.3 Å². The highest BCUT2D eigenvalue weighted by molar-refractivity contribution is 5.48. The summed E-state index contributed by atoms with van der Waals surface area (Å²) in [5, 5.41) is 0. The lowest BCUT2D eigenvalue weighted by Crippen LogP contribution is -2.48. The molecule has 5 heteroatoms. The summed E-state index contributed by atoms with van der Waals surface area (Å²) in [7, 11) is 0. The van der Waals surface area contributed by atoms with E-state index in [-0.39, 0.29) is 5.60 Å². The Kier molecular flexibility index (Phi) is 2.66. The van der Waals surface area contributed by atoms with Crippen LogP contribution in [0.5, 0.6) is 0 Å². The molecule has 1 aliphatic heterocycles. The largest absolute Gasteiger partial charge is 0.384 e. The number of nitrogens with two attached hydrogens (primary N) is 1. The van der Waals surface area contributed by atoms with Crippen molar-refractivity contribution in [2.75, 3.05) is 30.3 Å². The minimum Gasteiger partial charge on any atom is -0.384 e. The molecule has 2 heterocycles. The number of ether oxygens (including phenoxy) is 1. The smallest absolute Gasteiger partial charge is 0.136 e. The van der Waals surface area contributed by atoms with Crippen LogP contribution in [0.4, 0.5) is 11.6 Å². The van der Waals surface area contributed by atoms with Crippen molar-refractivity contribution in [2.45, 2.75) is 38.2 Å². The summed E-state index contributed by atoms with van der Waals surface area (Å²) in [6.45, 7) is 6.64. The van der Waals surface area contributed by atoms with E-state index in [1.807, 2.05) is 6.07 Å². The molecule has 2 fully saturated rings. The highest BCUT2D eigenvalue weighted by atomic mass is 16.5. The third kappa shape index (κ3) is 2.41. The van der Waals surface area contributed by atoms with Gasteiger partial charge in [-0.05, 0) is 26.7 Å². The van der Waals surface area contributed by atoms with Gasteiger partial charge in [-0.2, -0.15) is 0 Å². The zero-order valence-electron chi connectivity index (χ0n) is 11.0. The van der Waals surface area contributed by atoms with Crippen LogP contribution in [0.25, 0.3) is 0 Å². The summed E-state index contributed by atoms with van der Waals surface area (Å²) in [6, 6.07) is 1.87. The third-order valence-electron chi connectivity index (χ3n) is 3.44. The predicted octanol–water partition coefficient (Wildman–Crippen LogP) is 1.55. The molecule has 1 aromatic heterocycles. The van der Waals surface area contributed by atoms with Gasteiger partial charge in [0, 0.05) is 25.1 Å². The van der Waals surface area contributed by atoms with Gasteiger partial charge in [-0.25, -0.2) is 9.97 Å². The second-order valence-corrected chi connectivity index (χ2v) is 5.81. The summed E-state index contributed by atoms with van der Waals surface area (Å²) >= 11 is 0. The fourth-order valence-corrected chi connectivity index (χ4v) is 2.37. The molecule has 0 unspecified atom stereocenters. The Labute approximate surface area is 107 Å². The van der Waals surface area contributed by atoms with Gasteiger partial charge < -0.3 is 15.4 Å². The predicted molar refractivity (Wildman–Crippen MR) is 70.7 cm³/mol. The maximum Gasteiger partial charge on any atom is 0.136 e. The normalized spacial score (nSPS) is 23.1. The molecule has 2 aliphatic rings. The van der Waals surface area contributed by atoms with E-state index >= 15 is 0 Å². The van der Waals surface area contributed by atoms with E-state index in [9.17, 15) is 0 Å². The van der Waals surface area contributed by atoms with E-state index < -0.39 is 0 Å². The lowest BCUT2D eigenvalue weighted by atomic mass is 10.1. The molecule has 1 saturated carbocycles. The Hall–Kier alpha value is -1.36. The number of rotatable bonds is 2. The molecule has 5 nitrogen and oxygen atoms in total. The Morgan fingerprint density at radius 3 is 2.83 bits per heavy atom. The average Bonchev–Trinajstić information content (AvgIpc) is 3.10.